The second-order valence-electron chi connectivity index (χ2n) is 3.71. The van der Waals surface area contributed by atoms with E-state index in [1.165, 1.54) is 0 Å². The molecule has 0 saturated carbocycles. The summed E-state index contributed by atoms with van der Waals surface area (Å²) < 4.78 is 15.1. The van der Waals surface area contributed by atoms with E-state index in [4.69, 9.17) is 14.2 Å². The van der Waals surface area contributed by atoms with E-state index >= 15 is 0 Å². The Bertz CT molecular complexity index is 176. The maximum atomic E-state index is 11.2. The van der Waals surface area contributed by atoms with Crippen LogP contribution >= 0.6 is 0 Å². The van der Waals surface area contributed by atoms with Gasteiger partial charge in [-0.05, 0) is 19.4 Å². The molecule has 0 aliphatic rings. The molecule has 1 N–H and O–H groups in total. The number of unbranched alkanes of at least 4 members (excludes halogenated alkanes) is 1. The fraction of sp³-hybridized carbons (Fsp3) is 0.917. The van der Waals surface area contributed by atoms with Crippen LogP contribution in [-0.4, -0.2) is 52.6 Å². The predicted octanol–water partition coefficient (Wildman–Crippen LogP) is 0.972. The van der Waals surface area contributed by atoms with Crippen LogP contribution in [0.1, 0.15) is 26.2 Å². The van der Waals surface area contributed by atoms with Crippen LogP contribution in [0.25, 0.3) is 0 Å². The highest BCUT2D eigenvalue weighted by Gasteiger charge is 2.00. The standard InChI is InChI=1S/C12H25NO4/c1-3-4-8-17-12(14)11-13-6-5-7-16-10-9-15-2/h13H,3-11H2,1-2H3. The molecule has 0 atom stereocenters. The molecule has 0 bridgehead atoms. The lowest BCUT2D eigenvalue weighted by atomic mass is 10.4. The van der Waals surface area contributed by atoms with Gasteiger partial charge in [0.15, 0.2) is 0 Å². The average molecular weight is 247 g/mol. The number of nitrogens with one attached hydrogen (secondary N) is 1. The van der Waals surface area contributed by atoms with Crippen LogP contribution in [0.4, 0.5) is 0 Å². The second-order valence-corrected chi connectivity index (χ2v) is 3.71. The lowest BCUT2D eigenvalue weighted by molar-refractivity contribution is -0.142. The van der Waals surface area contributed by atoms with Gasteiger partial charge < -0.3 is 19.5 Å². The highest BCUT2D eigenvalue weighted by atomic mass is 16.5. The normalized spacial score (nSPS) is 10.5. The van der Waals surface area contributed by atoms with E-state index in [2.05, 4.69) is 12.2 Å². The van der Waals surface area contributed by atoms with Crippen LogP contribution in [0.5, 0.6) is 0 Å². The van der Waals surface area contributed by atoms with Gasteiger partial charge >= 0.3 is 5.97 Å². The molecule has 0 aromatic carbocycles. The zero-order valence-corrected chi connectivity index (χ0v) is 11.0. The van der Waals surface area contributed by atoms with E-state index in [1.807, 2.05) is 0 Å². The van der Waals surface area contributed by atoms with E-state index in [1.54, 1.807) is 7.11 Å². The summed E-state index contributed by atoms with van der Waals surface area (Å²) in [6.45, 7) is 5.55. The first-order valence-corrected chi connectivity index (χ1v) is 6.24. The van der Waals surface area contributed by atoms with E-state index in [-0.39, 0.29) is 12.5 Å². The Morgan fingerprint density at radius 3 is 2.65 bits per heavy atom. The Morgan fingerprint density at radius 2 is 1.94 bits per heavy atom. The number of esters is 1. The molecule has 0 radical (unpaired) electrons. The monoisotopic (exact) mass is 247 g/mol. The highest BCUT2D eigenvalue weighted by Crippen LogP contribution is 1.88. The molecule has 5 nitrogen and oxygen atoms in total. The molecule has 5 heteroatoms. The summed E-state index contributed by atoms with van der Waals surface area (Å²) in [5.41, 5.74) is 0. The molecule has 0 fully saturated rings. The van der Waals surface area contributed by atoms with Crippen molar-refractivity contribution in [2.75, 3.05) is 46.6 Å². The molecule has 0 aromatic heterocycles. The van der Waals surface area contributed by atoms with Gasteiger partial charge in [-0.1, -0.05) is 13.3 Å². The molecule has 0 heterocycles. The zero-order chi connectivity index (χ0) is 12.8. The SMILES string of the molecule is CCCCOC(=O)CNCCCOCCOC. The fourth-order valence-corrected chi connectivity index (χ4v) is 1.12. The Balaban J connectivity index is 3.08. The van der Waals surface area contributed by atoms with Crippen LogP contribution in [0.3, 0.4) is 0 Å². The summed E-state index contributed by atoms with van der Waals surface area (Å²) in [6, 6.07) is 0. The molecule has 0 saturated heterocycles. The number of ether oxygens (including phenoxy) is 3. The van der Waals surface area contributed by atoms with Crippen molar-refractivity contribution < 1.29 is 19.0 Å². The van der Waals surface area contributed by atoms with E-state index < -0.39 is 0 Å². The third-order valence-electron chi connectivity index (χ3n) is 2.10. The van der Waals surface area contributed by atoms with Crippen molar-refractivity contribution in [2.24, 2.45) is 0 Å². The van der Waals surface area contributed by atoms with Crippen molar-refractivity contribution in [1.82, 2.24) is 5.32 Å². The molecule has 17 heavy (non-hydrogen) atoms. The Hall–Kier alpha value is -0.650. The Morgan fingerprint density at radius 1 is 1.12 bits per heavy atom. The number of carbonyl (C=O) groups is 1. The zero-order valence-electron chi connectivity index (χ0n) is 11.0. The number of carbonyl (C=O) groups excluding carboxylic acids is 1. The third kappa shape index (κ3) is 13.3. The smallest absolute Gasteiger partial charge is 0.319 e. The molecule has 102 valence electrons. The molecule has 0 aliphatic carbocycles. The maximum Gasteiger partial charge on any atom is 0.319 e. The van der Waals surface area contributed by atoms with Crippen molar-refractivity contribution in [2.45, 2.75) is 26.2 Å². The third-order valence-corrected chi connectivity index (χ3v) is 2.10. The maximum absolute atomic E-state index is 11.2. The summed E-state index contributed by atoms with van der Waals surface area (Å²) in [5.74, 6) is -0.182. The molecular weight excluding hydrogens is 222 g/mol. The van der Waals surface area contributed by atoms with Crippen molar-refractivity contribution in [3.05, 3.63) is 0 Å². The van der Waals surface area contributed by atoms with E-state index in [0.29, 0.717) is 26.4 Å². The second kappa shape index (κ2) is 13.4. The molecule has 0 amide bonds. The predicted molar refractivity (Wildman–Crippen MR) is 66.0 cm³/mol. The van der Waals surface area contributed by atoms with E-state index in [9.17, 15) is 4.79 Å². The molecule has 0 aromatic rings. The van der Waals surface area contributed by atoms with Crippen molar-refractivity contribution in [3.8, 4) is 0 Å². The molecule has 0 unspecified atom stereocenters. The lowest BCUT2D eigenvalue weighted by Gasteiger charge is -2.06. The van der Waals surface area contributed by atoms with Gasteiger partial charge in [0.2, 0.25) is 0 Å². The minimum atomic E-state index is -0.182. The highest BCUT2D eigenvalue weighted by molar-refractivity contribution is 5.71. The largest absolute Gasteiger partial charge is 0.465 e. The lowest BCUT2D eigenvalue weighted by Crippen LogP contribution is -2.26. The quantitative estimate of drug-likeness (QED) is 0.411. The molecule has 0 spiro atoms. The minimum Gasteiger partial charge on any atom is -0.465 e. The van der Waals surface area contributed by atoms with Crippen molar-refractivity contribution >= 4 is 5.97 Å². The number of hydrogen-bond acceptors (Lipinski definition) is 5. The van der Waals surface area contributed by atoms with Gasteiger partial charge in [-0.25, -0.2) is 0 Å². The first-order chi connectivity index (χ1) is 8.31. The fourth-order valence-electron chi connectivity index (χ4n) is 1.12. The van der Waals surface area contributed by atoms with Gasteiger partial charge in [-0.3, -0.25) is 4.79 Å². The summed E-state index contributed by atoms with van der Waals surface area (Å²) in [7, 11) is 1.65. The van der Waals surface area contributed by atoms with Gasteiger partial charge in [0.05, 0.1) is 26.4 Å². The van der Waals surface area contributed by atoms with Crippen LogP contribution in [0.15, 0.2) is 0 Å². The summed E-state index contributed by atoms with van der Waals surface area (Å²) in [6.07, 6.45) is 2.85. The van der Waals surface area contributed by atoms with Gasteiger partial charge in [-0.2, -0.15) is 0 Å². The van der Waals surface area contributed by atoms with E-state index in [0.717, 1.165) is 25.8 Å². The summed E-state index contributed by atoms with van der Waals surface area (Å²) in [5, 5.41) is 3.02. The minimum absolute atomic E-state index is 0.182. The van der Waals surface area contributed by atoms with Crippen molar-refractivity contribution in [1.29, 1.82) is 0 Å². The van der Waals surface area contributed by atoms with Crippen molar-refractivity contribution in [3.63, 3.8) is 0 Å². The number of methoxy groups -OCH3 is 1. The van der Waals surface area contributed by atoms with Gasteiger partial charge in [-0.15, -0.1) is 0 Å². The summed E-state index contributed by atoms with van der Waals surface area (Å²) >= 11 is 0. The van der Waals surface area contributed by atoms with Crippen LogP contribution in [0, 0.1) is 0 Å². The molecule has 0 aliphatic heterocycles. The first-order valence-electron chi connectivity index (χ1n) is 6.24. The molecular formula is C12H25NO4. The van der Waals surface area contributed by atoms with Crippen LogP contribution in [-0.2, 0) is 19.0 Å². The topological polar surface area (TPSA) is 56.8 Å². The number of hydrogen-bond donors (Lipinski definition) is 1. The van der Waals surface area contributed by atoms with Crippen LogP contribution < -0.4 is 5.32 Å². The Labute approximate surface area is 104 Å². The van der Waals surface area contributed by atoms with Gasteiger partial charge in [0.1, 0.15) is 0 Å². The van der Waals surface area contributed by atoms with Gasteiger partial charge in [0, 0.05) is 13.7 Å². The first kappa shape index (κ1) is 16.4. The average Bonchev–Trinajstić information content (AvgIpc) is 2.33. The summed E-state index contributed by atoms with van der Waals surface area (Å²) in [4.78, 5) is 11.2. The molecule has 0 rings (SSSR count). The Kier molecular flexibility index (Phi) is 12.9. The van der Waals surface area contributed by atoms with Gasteiger partial charge in [0.25, 0.3) is 0 Å². The number of rotatable bonds is 12. The van der Waals surface area contributed by atoms with Crippen LogP contribution in [0.2, 0.25) is 0 Å².